The van der Waals surface area contributed by atoms with Crippen LogP contribution in [0.2, 0.25) is 10.0 Å². The highest BCUT2D eigenvalue weighted by atomic mass is 35.5. The van der Waals surface area contributed by atoms with Crippen LogP contribution < -0.4 is 15.9 Å². The van der Waals surface area contributed by atoms with Crippen molar-refractivity contribution >= 4 is 118 Å². The van der Waals surface area contributed by atoms with Crippen LogP contribution in [0.15, 0.2) is 315 Å². The van der Waals surface area contributed by atoms with Crippen molar-refractivity contribution < 1.29 is 4.92 Å². The molecule has 0 aliphatic heterocycles. The Labute approximate surface area is 493 Å². The second-order valence-corrected chi connectivity index (χ2v) is 23.0. The standard InChI is InChI=1S/C26H17NO2.C26H17N.C18H15P.C6H4Cl2/c28-27(29)26-17-20(23-13-5-9-18-7-1-3-11-21(18)23)15-16-25(26)24-14-6-10-19-8-2-4-12-22(19)24;1-3-9-20-17(6-1)8-5-11-21(20)19-12-14-23-25(16-19)27-24-15-13-18-7-2-4-10-22(18)26(23)24;1-4-10-16(11-5-1)19(17-12-6-2-7-13-17)18-14-8-3-9-15-18;7-5-3-1-2-4-6(5)8/h1-17H;1-16,27H;1-15H;1-4H. The second kappa shape index (κ2) is 25.0. The summed E-state index contributed by atoms with van der Waals surface area (Å²) in [4.78, 5) is 15.3. The van der Waals surface area contributed by atoms with E-state index in [1.807, 2.05) is 91.0 Å². The highest BCUT2D eigenvalue weighted by molar-refractivity contribution is 7.79. The number of hydrogen-bond acceptors (Lipinski definition) is 2. The van der Waals surface area contributed by atoms with E-state index in [1.165, 1.54) is 70.4 Å². The molecule has 1 aromatic heterocycles. The highest BCUT2D eigenvalue weighted by Gasteiger charge is 2.20. The molecule has 0 saturated carbocycles. The number of fused-ring (bicyclic) bond motifs is 8. The molecule has 0 fully saturated rings. The minimum absolute atomic E-state index is 0.117. The van der Waals surface area contributed by atoms with Crippen LogP contribution in [0, 0.1) is 10.1 Å². The van der Waals surface area contributed by atoms with Crippen LogP contribution in [0.25, 0.3) is 98.3 Å². The first-order valence-electron chi connectivity index (χ1n) is 27.4. The van der Waals surface area contributed by atoms with E-state index in [4.69, 9.17) is 23.2 Å². The SMILES string of the molecule is Clc1ccccc1Cl.O=[N+]([O-])c1cc(-c2cccc3ccccc23)ccc1-c1cccc2ccccc12.c1ccc(P(c2ccccc2)c2ccccc2)cc1.c1ccc2c(-c3ccc4c(c3)[nH]c3ccc5ccccc5c34)cccc2c1. The lowest BCUT2D eigenvalue weighted by molar-refractivity contribution is -0.384. The van der Waals surface area contributed by atoms with Gasteiger partial charge in [0, 0.05) is 27.9 Å². The summed E-state index contributed by atoms with van der Waals surface area (Å²) in [5.41, 5.74) is 8.37. The van der Waals surface area contributed by atoms with Crippen molar-refractivity contribution in [3.63, 3.8) is 0 Å². The van der Waals surface area contributed by atoms with E-state index in [2.05, 4.69) is 211 Å². The molecule has 15 aromatic rings. The van der Waals surface area contributed by atoms with Crippen LogP contribution in [-0.2, 0) is 0 Å². The van der Waals surface area contributed by atoms with Crippen molar-refractivity contribution in [2.45, 2.75) is 0 Å². The number of aromatic amines is 1. The Morgan fingerprint density at radius 2 is 0.699 bits per heavy atom. The third-order valence-corrected chi connectivity index (χ3v) is 18.0. The zero-order chi connectivity index (χ0) is 56.5. The molecule has 4 nitrogen and oxygen atoms in total. The molecule has 0 amide bonds. The number of halogens is 2. The average molecular weight is 1130 g/mol. The highest BCUT2D eigenvalue weighted by Crippen LogP contribution is 2.40. The van der Waals surface area contributed by atoms with E-state index in [9.17, 15) is 10.1 Å². The van der Waals surface area contributed by atoms with E-state index in [0.29, 0.717) is 15.6 Å². The molecular weight excluding hydrogens is 1070 g/mol. The monoisotopic (exact) mass is 1130 g/mol. The summed E-state index contributed by atoms with van der Waals surface area (Å²) >= 11 is 11.2. The van der Waals surface area contributed by atoms with Gasteiger partial charge in [-0.15, -0.1) is 0 Å². The Hall–Kier alpha value is -9.67. The number of H-pyrrole nitrogens is 1. The summed E-state index contributed by atoms with van der Waals surface area (Å²) in [5, 5.41) is 29.4. The number of nitro groups is 1. The van der Waals surface area contributed by atoms with Crippen LogP contribution in [0.1, 0.15) is 0 Å². The van der Waals surface area contributed by atoms with Gasteiger partial charge in [-0.1, -0.05) is 302 Å². The number of nitro benzene ring substituents is 1. The molecule has 0 saturated heterocycles. The fraction of sp³-hybridized carbons (Fsp3) is 0. The quantitative estimate of drug-likeness (QED) is 0.0982. The van der Waals surface area contributed by atoms with Gasteiger partial charge in [0.05, 0.1) is 20.5 Å². The number of nitrogens with zero attached hydrogens (tertiary/aromatic N) is 1. The van der Waals surface area contributed by atoms with Crippen molar-refractivity contribution in [2.75, 3.05) is 0 Å². The molecule has 1 N–H and O–H groups in total. The smallest absolute Gasteiger partial charge is 0.277 e. The zero-order valence-electron chi connectivity index (χ0n) is 45.0. The summed E-state index contributed by atoms with van der Waals surface area (Å²) in [6.45, 7) is 0. The Morgan fingerprint density at radius 1 is 0.313 bits per heavy atom. The second-order valence-electron chi connectivity index (χ2n) is 19.9. The summed E-state index contributed by atoms with van der Waals surface area (Å²) in [6.07, 6.45) is 0. The van der Waals surface area contributed by atoms with Gasteiger partial charge in [0.2, 0.25) is 0 Å². The fourth-order valence-corrected chi connectivity index (χ4v) is 13.5. The largest absolute Gasteiger partial charge is 0.354 e. The third kappa shape index (κ3) is 11.8. The number of hydrogen-bond donors (Lipinski definition) is 1. The number of rotatable bonds is 7. The van der Waals surface area contributed by atoms with Crippen LogP contribution in [-0.4, -0.2) is 9.91 Å². The van der Waals surface area contributed by atoms with Crippen molar-refractivity contribution in [3.05, 3.63) is 336 Å². The molecule has 0 bridgehead atoms. The maximum Gasteiger partial charge on any atom is 0.277 e. The molecule has 1 heterocycles. The number of nitrogens with one attached hydrogen (secondary N) is 1. The van der Waals surface area contributed by atoms with Crippen LogP contribution >= 0.6 is 31.1 Å². The Morgan fingerprint density at radius 3 is 1.18 bits per heavy atom. The third-order valence-electron chi connectivity index (χ3n) is 14.8. The van der Waals surface area contributed by atoms with E-state index in [0.717, 1.165) is 38.2 Å². The van der Waals surface area contributed by atoms with Crippen LogP contribution in [0.5, 0.6) is 0 Å². The summed E-state index contributed by atoms with van der Waals surface area (Å²) in [7, 11) is -0.446. The normalized spacial score (nSPS) is 11.0. The summed E-state index contributed by atoms with van der Waals surface area (Å²) in [6, 6.07) is 108. The van der Waals surface area contributed by atoms with Gasteiger partial charge in [0.15, 0.2) is 0 Å². The van der Waals surface area contributed by atoms with Gasteiger partial charge in [0.25, 0.3) is 5.69 Å². The van der Waals surface area contributed by atoms with Gasteiger partial charge in [-0.05, 0) is 125 Å². The van der Waals surface area contributed by atoms with Gasteiger partial charge in [-0.25, -0.2) is 0 Å². The number of benzene rings is 14. The lowest BCUT2D eigenvalue weighted by Crippen LogP contribution is -2.20. The van der Waals surface area contributed by atoms with Gasteiger partial charge < -0.3 is 4.98 Å². The zero-order valence-corrected chi connectivity index (χ0v) is 47.4. The maximum atomic E-state index is 12.0. The minimum Gasteiger partial charge on any atom is -0.354 e. The molecule has 14 aromatic carbocycles. The molecular formula is C76H53Cl2N2O2P. The number of aromatic nitrogens is 1. The maximum absolute atomic E-state index is 12.0. The Bertz CT molecular complexity index is 4630. The van der Waals surface area contributed by atoms with Gasteiger partial charge >= 0.3 is 0 Å². The van der Waals surface area contributed by atoms with E-state index < -0.39 is 7.92 Å². The molecule has 7 heteroatoms. The van der Waals surface area contributed by atoms with Crippen LogP contribution in [0.4, 0.5) is 5.69 Å². The molecule has 83 heavy (non-hydrogen) atoms. The van der Waals surface area contributed by atoms with Gasteiger partial charge in [0.1, 0.15) is 0 Å². The van der Waals surface area contributed by atoms with Gasteiger partial charge in [-0.3, -0.25) is 10.1 Å². The van der Waals surface area contributed by atoms with E-state index >= 15 is 0 Å². The van der Waals surface area contributed by atoms with Crippen molar-refractivity contribution in [3.8, 4) is 33.4 Å². The first kappa shape index (κ1) is 53.9. The molecule has 398 valence electrons. The first-order chi connectivity index (χ1) is 40.9. The predicted octanol–water partition coefficient (Wildman–Crippen LogP) is 21.0. The topological polar surface area (TPSA) is 58.9 Å². The lowest BCUT2D eigenvalue weighted by atomic mass is 9.93. The molecule has 15 rings (SSSR count). The Kier molecular flexibility index (Phi) is 16.2. The molecule has 0 spiro atoms. The van der Waals surface area contributed by atoms with Crippen molar-refractivity contribution in [1.82, 2.24) is 4.98 Å². The predicted molar refractivity (Wildman–Crippen MR) is 357 cm³/mol. The molecule has 0 atom stereocenters. The summed E-state index contributed by atoms with van der Waals surface area (Å²) in [5.74, 6) is 0. The first-order valence-corrected chi connectivity index (χ1v) is 29.5. The molecule has 0 aliphatic carbocycles. The average Bonchev–Trinajstić information content (AvgIpc) is 4.06. The fourth-order valence-electron chi connectivity index (χ4n) is 11.0. The van der Waals surface area contributed by atoms with Crippen molar-refractivity contribution in [2.24, 2.45) is 0 Å². The molecule has 0 radical (unpaired) electrons. The van der Waals surface area contributed by atoms with E-state index in [1.54, 1.807) is 18.2 Å². The van der Waals surface area contributed by atoms with E-state index in [-0.39, 0.29) is 10.6 Å². The molecule has 0 aliphatic rings. The minimum atomic E-state index is -0.446. The van der Waals surface area contributed by atoms with Crippen molar-refractivity contribution in [1.29, 1.82) is 0 Å². The van der Waals surface area contributed by atoms with Gasteiger partial charge in [-0.2, -0.15) is 0 Å². The molecule has 0 unspecified atom stereocenters. The lowest BCUT2D eigenvalue weighted by Gasteiger charge is -2.18. The Balaban J connectivity index is 0.000000117. The van der Waals surface area contributed by atoms with Crippen LogP contribution in [0.3, 0.4) is 0 Å². The summed E-state index contributed by atoms with van der Waals surface area (Å²) < 4.78 is 0.